The van der Waals surface area contributed by atoms with E-state index in [1.54, 1.807) is 0 Å². The topological polar surface area (TPSA) is 71.1 Å². The summed E-state index contributed by atoms with van der Waals surface area (Å²) in [6.07, 6.45) is 13.9. The summed E-state index contributed by atoms with van der Waals surface area (Å²) < 4.78 is 1.05. The number of thiazole rings is 1. The van der Waals surface area contributed by atoms with Crippen molar-refractivity contribution < 1.29 is 9.59 Å². The van der Waals surface area contributed by atoms with Crippen LogP contribution < -0.4 is 10.6 Å². The first-order valence-electron chi connectivity index (χ1n) is 8.39. The van der Waals surface area contributed by atoms with E-state index in [2.05, 4.69) is 51.9 Å². The summed E-state index contributed by atoms with van der Waals surface area (Å²) >= 11 is 1.49. The molecule has 1 aromatic heterocycles. The lowest BCUT2D eigenvalue weighted by Gasteiger charge is -2.06. The molecule has 6 heteroatoms. The average Bonchev–Trinajstić information content (AvgIpc) is 3.06. The van der Waals surface area contributed by atoms with E-state index in [1.165, 1.54) is 16.9 Å². The maximum atomic E-state index is 12.0. The summed E-state index contributed by atoms with van der Waals surface area (Å²) in [4.78, 5) is 28.0. The van der Waals surface area contributed by atoms with E-state index in [-0.39, 0.29) is 31.3 Å². The van der Waals surface area contributed by atoms with Crippen molar-refractivity contribution in [3.8, 4) is 12.3 Å². The lowest BCUT2D eigenvalue weighted by molar-refractivity contribution is -0.125. The maximum Gasteiger partial charge on any atom is 0.240 e. The van der Waals surface area contributed by atoms with Crippen LogP contribution in [0.5, 0.6) is 0 Å². The molecule has 0 aliphatic heterocycles. The van der Waals surface area contributed by atoms with Crippen LogP contribution in [0.4, 0.5) is 0 Å². The van der Waals surface area contributed by atoms with Crippen molar-refractivity contribution in [2.45, 2.75) is 19.3 Å². The Bertz CT molecular complexity index is 934. The average molecular weight is 365 g/mol. The number of benzene rings is 1. The lowest BCUT2D eigenvalue weighted by Crippen LogP contribution is -2.37. The summed E-state index contributed by atoms with van der Waals surface area (Å²) in [5.74, 6) is 1.76. The van der Waals surface area contributed by atoms with Crippen molar-refractivity contribution in [1.29, 1.82) is 0 Å². The molecule has 2 amide bonds. The smallest absolute Gasteiger partial charge is 0.240 e. The van der Waals surface area contributed by atoms with Crippen LogP contribution in [0, 0.1) is 12.3 Å². The van der Waals surface area contributed by atoms with Gasteiger partial charge in [0.1, 0.15) is 5.01 Å². The van der Waals surface area contributed by atoms with Crippen molar-refractivity contribution in [1.82, 2.24) is 15.6 Å². The van der Waals surface area contributed by atoms with Gasteiger partial charge in [0.05, 0.1) is 29.7 Å². The Morgan fingerprint density at radius 1 is 1.23 bits per heavy atom. The SMILES string of the molecule is C#CCNC(=O)CNC(=O)Cc1nc2cc(C3=CCCC=C3)ccc2s1. The molecular weight excluding hydrogens is 346 g/mol. The molecule has 3 rings (SSSR count). The number of allylic oxidation sites excluding steroid dienone is 4. The van der Waals surface area contributed by atoms with Gasteiger partial charge in [0, 0.05) is 0 Å². The number of nitrogens with zero attached hydrogens (tertiary/aromatic N) is 1. The van der Waals surface area contributed by atoms with Crippen LogP contribution >= 0.6 is 11.3 Å². The van der Waals surface area contributed by atoms with Crippen molar-refractivity contribution in [2.24, 2.45) is 0 Å². The number of amides is 2. The van der Waals surface area contributed by atoms with Gasteiger partial charge < -0.3 is 10.6 Å². The summed E-state index contributed by atoms with van der Waals surface area (Å²) in [5, 5.41) is 5.80. The second-order valence-corrected chi connectivity index (χ2v) is 6.98. The molecule has 132 valence electrons. The molecule has 2 aromatic rings. The highest BCUT2D eigenvalue weighted by atomic mass is 32.1. The fraction of sp³-hybridized carbons (Fsp3) is 0.250. The number of hydrogen-bond acceptors (Lipinski definition) is 4. The Hall–Kier alpha value is -2.91. The molecule has 0 atom stereocenters. The molecule has 0 fully saturated rings. The second-order valence-electron chi connectivity index (χ2n) is 5.86. The monoisotopic (exact) mass is 365 g/mol. The van der Waals surface area contributed by atoms with E-state index in [0.29, 0.717) is 0 Å². The number of terminal acetylenes is 1. The van der Waals surface area contributed by atoms with Gasteiger partial charge >= 0.3 is 0 Å². The number of carbonyl (C=O) groups excluding carboxylic acids is 2. The second kappa shape index (κ2) is 8.45. The van der Waals surface area contributed by atoms with Crippen molar-refractivity contribution in [2.75, 3.05) is 13.1 Å². The third-order valence-corrected chi connectivity index (χ3v) is 4.94. The van der Waals surface area contributed by atoms with Crippen molar-refractivity contribution in [3.05, 3.63) is 47.0 Å². The van der Waals surface area contributed by atoms with Gasteiger partial charge in [0.25, 0.3) is 0 Å². The summed E-state index contributed by atoms with van der Waals surface area (Å²) in [5.41, 5.74) is 3.24. The van der Waals surface area contributed by atoms with Crippen LogP contribution in [0.15, 0.2) is 36.4 Å². The summed E-state index contributed by atoms with van der Waals surface area (Å²) in [7, 11) is 0. The standard InChI is InChI=1S/C20H19N3O2S/c1-2-10-21-19(25)13-22-18(24)12-20-23-16-11-15(8-9-17(16)26-20)14-6-4-3-5-7-14/h1,4,6-9,11H,3,5,10,12-13H2,(H,21,25)(H,22,24). The maximum absolute atomic E-state index is 12.0. The number of aromatic nitrogens is 1. The third kappa shape index (κ3) is 4.58. The molecule has 0 saturated heterocycles. The van der Waals surface area contributed by atoms with Gasteiger partial charge in [0.2, 0.25) is 11.8 Å². The zero-order valence-electron chi connectivity index (χ0n) is 14.2. The van der Waals surface area contributed by atoms with E-state index < -0.39 is 0 Å². The number of fused-ring (bicyclic) bond motifs is 1. The van der Waals surface area contributed by atoms with E-state index in [0.717, 1.165) is 33.6 Å². The molecule has 1 aliphatic carbocycles. The molecule has 0 unspecified atom stereocenters. The highest BCUT2D eigenvalue weighted by molar-refractivity contribution is 7.18. The van der Waals surface area contributed by atoms with Crippen LogP contribution in [0.3, 0.4) is 0 Å². The third-order valence-electron chi connectivity index (χ3n) is 3.91. The number of nitrogens with one attached hydrogen (secondary N) is 2. The largest absolute Gasteiger partial charge is 0.347 e. The predicted molar refractivity (Wildman–Crippen MR) is 105 cm³/mol. The van der Waals surface area contributed by atoms with E-state index in [1.807, 2.05) is 6.07 Å². The molecule has 2 N–H and O–H groups in total. The zero-order chi connectivity index (χ0) is 18.4. The van der Waals surface area contributed by atoms with Gasteiger partial charge in [-0.05, 0) is 36.1 Å². The zero-order valence-corrected chi connectivity index (χ0v) is 15.1. The molecule has 26 heavy (non-hydrogen) atoms. The molecule has 1 heterocycles. The van der Waals surface area contributed by atoms with Crippen LogP contribution in [0.1, 0.15) is 23.4 Å². The minimum atomic E-state index is -0.306. The number of rotatable bonds is 6. The van der Waals surface area contributed by atoms with Gasteiger partial charge in [-0.1, -0.05) is 30.2 Å². The molecule has 0 spiro atoms. The van der Waals surface area contributed by atoms with Gasteiger partial charge in [-0.3, -0.25) is 9.59 Å². The fourth-order valence-corrected chi connectivity index (χ4v) is 3.59. The van der Waals surface area contributed by atoms with E-state index >= 15 is 0 Å². The first-order chi connectivity index (χ1) is 12.7. The van der Waals surface area contributed by atoms with Crippen molar-refractivity contribution >= 4 is 38.9 Å². The van der Waals surface area contributed by atoms with E-state index in [4.69, 9.17) is 6.42 Å². The Balaban J connectivity index is 1.63. The molecule has 0 bridgehead atoms. The van der Waals surface area contributed by atoms with Crippen LogP contribution in [0.2, 0.25) is 0 Å². The minimum Gasteiger partial charge on any atom is -0.347 e. The van der Waals surface area contributed by atoms with Gasteiger partial charge in [-0.25, -0.2) is 4.98 Å². The number of hydrogen-bond donors (Lipinski definition) is 2. The van der Waals surface area contributed by atoms with Crippen molar-refractivity contribution in [3.63, 3.8) is 0 Å². The van der Waals surface area contributed by atoms with Gasteiger partial charge in [0.15, 0.2) is 0 Å². The Labute approximate surface area is 156 Å². The van der Waals surface area contributed by atoms with E-state index in [9.17, 15) is 9.59 Å². The van der Waals surface area contributed by atoms with Gasteiger partial charge in [-0.2, -0.15) is 0 Å². The van der Waals surface area contributed by atoms with Crippen LogP contribution in [-0.4, -0.2) is 29.9 Å². The summed E-state index contributed by atoms with van der Waals surface area (Å²) in [6, 6.07) is 6.18. The molecule has 5 nitrogen and oxygen atoms in total. The minimum absolute atomic E-state index is 0.0873. The highest BCUT2D eigenvalue weighted by Crippen LogP contribution is 2.28. The Morgan fingerprint density at radius 3 is 2.88 bits per heavy atom. The molecule has 0 saturated carbocycles. The van der Waals surface area contributed by atoms with Gasteiger partial charge in [-0.15, -0.1) is 17.8 Å². The molecule has 1 aliphatic rings. The first-order valence-corrected chi connectivity index (χ1v) is 9.21. The van der Waals surface area contributed by atoms with Crippen LogP contribution in [0.25, 0.3) is 15.8 Å². The first kappa shape index (κ1) is 17.9. The quantitative estimate of drug-likeness (QED) is 0.773. The Kier molecular flexibility index (Phi) is 5.82. The number of carbonyl (C=O) groups is 2. The summed E-state index contributed by atoms with van der Waals surface area (Å²) in [6.45, 7) is 0.0660. The molecule has 1 aromatic carbocycles. The predicted octanol–water partition coefficient (Wildman–Crippen LogP) is 2.44. The Morgan fingerprint density at radius 2 is 2.12 bits per heavy atom. The highest BCUT2D eigenvalue weighted by Gasteiger charge is 2.11. The molecule has 0 radical (unpaired) electrons. The fourth-order valence-electron chi connectivity index (χ4n) is 2.65. The van der Waals surface area contributed by atoms with Crippen LogP contribution in [-0.2, 0) is 16.0 Å². The lowest BCUT2D eigenvalue weighted by atomic mass is 9.99. The normalized spacial score (nSPS) is 13.1. The molecular formula is C20H19N3O2S.